The van der Waals surface area contributed by atoms with E-state index in [-0.39, 0.29) is 17.9 Å². The fourth-order valence-corrected chi connectivity index (χ4v) is 2.68. The van der Waals surface area contributed by atoms with Crippen molar-refractivity contribution in [2.24, 2.45) is 0 Å². The van der Waals surface area contributed by atoms with Gasteiger partial charge in [0.1, 0.15) is 0 Å². The summed E-state index contributed by atoms with van der Waals surface area (Å²) in [5, 5.41) is 15.8. The van der Waals surface area contributed by atoms with Gasteiger partial charge in [0.15, 0.2) is 0 Å². The molecule has 0 aliphatic heterocycles. The molecule has 0 aliphatic rings. The number of hydrogen-bond acceptors (Lipinski definition) is 3. The van der Waals surface area contributed by atoms with Crippen molar-refractivity contribution in [2.75, 3.05) is 6.54 Å². The highest BCUT2D eigenvalue weighted by molar-refractivity contribution is 5.88. The van der Waals surface area contributed by atoms with Crippen LogP contribution < -0.4 is 10.6 Å². The van der Waals surface area contributed by atoms with Crippen LogP contribution in [0.25, 0.3) is 10.9 Å². The lowest BCUT2D eigenvalue weighted by molar-refractivity contribution is -0.120. The minimum atomic E-state index is -0.204. The van der Waals surface area contributed by atoms with Gasteiger partial charge >= 0.3 is 0 Å². The van der Waals surface area contributed by atoms with Crippen molar-refractivity contribution in [1.82, 2.24) is 15.6 Å². The second kappa shape index (κ2) is 6.97. The standard InChI is InChI=1S/C17H20N4O2/c1-10(21-12(3)23)15-6-13(8-18)7-16-14(9-20-17(15)16)4-5-19-11(2)22/h6-7,9-10,20H,4-5H2,1-3H3,(H,19,22)(H,21,23). The van der Waals surface area contributed by atoms with Gasteiger partial charge in [0.25, 0.3) is 0 Å². The Hall–Kier alpha value is -2.81. The largest absolute Gasteiger partial charge is 0.361 e. The normalized spacial score (nSPS) is 11.7. The van der Waals surface area contributed by atoms with Gasteiger partial charge in [-0.3, -0.25) is 9.59 Å². The number of nitrogens with zero attached hydrogens (tertiary/aromatic N) is 1. The number of benzene rings is 1. The van der Waals surface area contributed by atoms with Crippen molar-refractivity contribution >= 4 is 22.7 Å². The van der Waals surface area contributed by atoms with Gasteiger partial charge in [0.05, 0.1) is 23.2 Å². The average Bonchev–Trinajstić information content (AvgIpc) is 2.88. The fraction of sp³-hybridized carbons (Fsp3) is 0.353. The van der Waals surface area contributed by atoms with E-state index < -0.39 is 0 Å². The zero-order valence-corrected chi connectivity index (χ0v) is 13.5. The summed E-state index contributed by atoms with van der Waals surface area (Å²) >= 11 is 0. The van der Waals surface area contributed by atoms with Gasteiger partial charge in [-0.25, -0.2) is 0 Å². The number of amides is 2. The van der Waals surface area contributed by atoms with E-state index in [1.165, 1.54) is 13.8 Å². The third-order valence-electron chi connectivity index (χ3n) is 3.69. The Morgan fingerprint density at radius 2 is 2.04 bits per heavy atom. The van der Waals surface area contributed by atoms with Gasteiger partial charge < -0.3 is 15.6 Å². The summed E-state index contributed by atoms with van der Waals surface area (Å²) < 4.78 is 0. The quantitative estimate of drug-likeness (QED) is 0.786. The molecule has 1 aromatic carbocycles. The number of hydrogen-bond donors (Lipinski definition) is 3. The van der Waals surface area contributed by atoms with Crippen LogP contribution in [0.1, 0.15) is 43.5 Å². The van der Waals surface area contributed by atoms with E-state index >= 15 is 0 Å². The van der Waals surface area contributed by atoms with Crippen molar-refractivity contribution in [3.63, 3.8) is 0 Å². The molecule has 1 unspecified atom stereocenters. The molecule has 0 fully saturated rings. The number of rotatable bonds is 5. The van der Waals surface area contributed by atoms with Crippen molar-refractivity contribution < 1.29 is 9.59 Å². The first-order valence-electron chi connectivity index (χ1n) is 7.48. The predicted octanol–water partition coefficient (Wildman–Crippen LogP) is 1.92. The zero-order chi connectivity index (χ0) is 17.0. The van der Waals surface area contributed by atoms with Gasteiger partial charge in [-0.15, -0.1) is 0 Å². The van der Waals surface area contributed by atoms with Crippen molar-refractivity contribution in [1.29, 1.82) is 5.26 Å². The maximum absolute atomic E-state index is 11.3. The van der Waals surface area contributed by atoms with E-state index in [1.54, 1.807) is 6.07 Å². The van der Waals surface area contributed by atoms with E-state index in [2.05, 4.69) is 21.7 Å². The number of H-pyrrole nitrogens is 1. The zero-order valence-electron chi connectivity index (χ0n) is 13.5. The maximum atomic E-state index is 11.3. The number of carbonyl (C=O) groups is 2. The molecule has 0 bridgehead atoms. The van der Waals surface area contributed by atoms with E-state index in [0.717, 1.165) is 22.0 Å². The molecule has 0 saturated carbocycles. The second-order valence-corrected chi connectivity index (χ2v) is 5.57. The first-order chi connectivity index (χ1) is 10.9. The molecule has 23 heavy (non-hydrogen) atoms. The smallest absolute Gasteiger partial charge is 0.217 e. The SMILES string of the molecule is CC(=O)NCCc1c[nH]c2c(C(C)NC(C)=O)cc(C#N)cc12. The first-order valence-corrected chi connectivity index (χ1v) is 7.48. The number of nitriles is 1. The molecule has 6 nitrogen and oxygen atoms in total. The van der Waals surface area contributed by atoms with Gasteiger partial charge in [-0.05, 0) is 36.6 Å². The van der Waals surface area contributed by atoms with Crippen molar-refractivity contribution in [3.05, 3.63) is 35.0 Å². The number of aromatic amines is 1. The highest BCUT2D eigenvalue weighted by Gasteiger charge is 2.15. The average molecular weight is 312 g/mol. The number of fused-ring (bicyclic) bond motifs is 1. The van der Waals surface area contributed by atoms with Crippen LogP contribution in [0.2, 0.25) is 0 Å². The van der Waals surface area contributed by atoms with Crippen LogP contribution >= 0.6 is 0 Å². The van der Waals surface area contributed by atoms with E-state index in [0.29, 0.717) is 18.5 Å². The van der Waals surface area contributed by atoms with Crippen LogP contribution in [-0.4, -0.2) is 23.3 Å². The van der Waals surface area contributed by atoms with Crippen molar-refractivity contribution in [2.45, 2.75) is 33.2 Å². The molecular weight excluding hydrogens is 292 g/mol. The molecular formula is C17H20N4O2. The summed E-state index contributed by atoms with van der Waals surface area (Å²) in [6.07, 6.45) is 2.56. The predicted molar refractivity (Wildman–Crippen MR) is 87.6 cm³/mol. The molecule has 2 amide bonds. The summed E-state index contributed by atoms with van der Waals surface area (Å²) in [6, 6.07) is 5.58. The van der Waals surface area contributed by atoms with E-state index in [1.807, 2.05) is 19.2 Å². The number of aromatic nitrogens is 1. The van der Waals surface area contributed by atoms with Gasteiger partial charge in [-0.1, -0.05) is 0 Å². The molecule has 1 aromatic heterocycles. The molecule has 2 aromatic rings. The Kier molecular flexibility index (Phi) is 5.02. The summed E-state index contributed by atoms with van der Waals surface area (Å²) in [6.45, 7) is 5.37. The van der Waals surface area contributed by atoms with Gasteiger partial charge in [-0.2, -0.15) is 5.26 Å². The molecule has 0 saturated heterocycles. The van der Waals surface area contributed by atoms with Crippen LogP contribution in [0.4, 0.5) is 0 Å². The minimum absolute atomic E-state index is 0.0671. The third kappa shape index (κ3) is 3.89. The Bertz CT molecular complexity index is 786. The van der Waals surface area contributed by atoms with Crippen LogP contribution in [-0.2, 0) is 16.0 Å². The number of carbonyl (C=O) groups excluding carboxylic acids is 2. The van der Waals surface area contributed by atoms with Crippen LogP contribution in [0.5, 0.6) is 0 Å². The third-order valence-corrected chi connectivity index (χ3v) is 3.69. The Morgan fingerprint density at radius 1 is 1.30 bits per heavy atom. The second-order valence-electron chi connectivity index (χ2n) is 5.57. The molecule has 0 radical (unpaired) electrons. The van der Waals surface area contributed by atoms with E-state index in [9.17, 15) is 14.9 Å². The first kappa shape index (κ1) is 16.6. The molecule has 1 atom stereocenters. The molecule has 1 heterocycles. The summed E-state index contributed by atoms with van der Waals surface area (Å²) in [5.74, 6) is -0.187. The Balaban J connectivity index is 2.40. The molecule has 6 heteroatoms. The van der Waals surface area contributed by atoms with Crippen LogP contribution in [0.15, 0.2) is 18.3 Å². The lowest BCUT2D eigenvalue weighted by Crippen LogP contribution is -2.24. The lowest BCUT2D eigenvalue weighted by atomic mass is 9.99. The lowest BCUT2D eigenvalue weighted by Gasteiger charge is -2.14. The molecule has 120 valence electrons. The minimum Gasteiger partial charge on any atom is -0.361 e. The maximum Gasteiger partial charge on any atom is 0.217 e. The highest BCUT2D eigenvalue weighted by Crippen LogP contribution is 2.28. The summed E-state index contributed by atoms with van der Waals surface area (Å²) in [4.78, 5) is 25.5. The summed E-state index contributed by atoms with van der Waals surface area (Å²) in [7, 11) is 0. The summed E-state index contributed by atoms with van der Waals surface area (Å²) in [5.41, 5.74) is 3.36. The van der Waals surface area contributed by atoms with E-state index in [4.69, 9.17) is 0 Å². The Labute approximate surface area is 134 Å². The molecule has 3 N–H and O–H groups in total. The topological polar surface area (TPSA) is 97.8 Å². The molecule has 0 spiro atoms. The van der Waals surface area contributed by atoms with Gasteiger partial charge in [0, 0.05) is 32.0 Å². The molecule has 0 aliphatic carbocycles. The highest BCUT2D eigenvalue weighted by atomic mass is 16.2. The number of nitrogens with one attached hydrogen (secondary N) is 3. The monoisotopic (exact) mass is 312 g/mol. The molecule has 2 rings (SSSR count). The Morgan fingerprint density at radius 3 is 2.65 bits per heavy atom. The van der Waals surface area contributed by atoms with Gasteiger partial charge in [0.2, 0.25) is 11.8 Å². The van der Waals surface area contributed by atoms with Crippen molar-refractivity contribution in [3.8, 4) is 6.07 Å². The van der Waals surface area contributed by atoms with Crippen LogP contribution in [0, 0.1) is 11.3 Å². The fourth-order valence-electron chi connectivity index (χ4n) is 2.68. The van der Waals surface area contributed by atoms with Crippen LogP contribution in [0.3, 0.4) is 0 Å².